The van der Waals surface area contributed by atoms with E-state index in [0.717, 1.165) is 49.4 Å². The van der Waals surface area contributed by atoms with E-state index >= 15 is 0 Å². The summed E-state index contributed by atoms with van der Waals surface area (Å²) in [4.78, 5) is 26.9. The van der Waals surface area contributed by atoms with Crippen LogP contribution in [0.4, 0.5) is 5.69 Å². The van der Waals surface area contributed by atoms with Gasteiger partial charge in [-0.3, -0.25) is 9.59 Å². The Kier molecular flexibility index (Phi) is 5.01. The Hall–Kier alpha value is -2.06. The minimum atomic E-state index is -0.446. The van der Waals surface area contributed by atoms with Gasteiger partial charge >= 0.3 is 0 Å². The van der Waals surface area contributed by atoms with Crippen LogP contribution in [0, 0.1) is 0 Å². The first-order valence-corrected chi connectivity index (χ1v) is 11.8. The quantitative estimate of drug-likeness (QED) is 0.778. The van der Waals surface area contributed by atoms with Crippen LogP contribution in [0.2, 0.25) is 5.02 Å². The van der Waals surface area contributed by atoms with Crippen molar-refractivity contribution in [2.24, 2.45) is 0 Å². The molecule has 2 fully saturated rings. The summed E-state index contributed by atoms with van der Waals surface area (Å²) in [5.41, 5.74) is 1.41. The van der Waals surface area contributed by atoms with Gasteiger partial charge in [-0.1, -0.05) is 18.0 Å². The molecule has 9 heteroatoms. The summed E-state index contributed by atoms with van der Waals surface area (Å²) in [6.07, 6.45) is 5.62. The van der Waals surface area contributed by atoms with Crippen molar-refractivity contribution < 1.29 is 9.59 Å². The standard InChI is InChI=1S/C21H24ClN5O2S/c1-21-9-8-18(28)27(21)16(12-30-21)20(29)23-13-6-7-15(22)14(11-13)19-25-24-17-5-3-2-4-10-26(17)19/h6-7,11,16H,2-5,8-10,12H2,1H3,(H,23,29). The molecule has 30 heavy (non-hydrogen) atoms. The van der Waals surface area contributed by atoms with E-state index in [1.807, 2.05) is 13.0 Å². The summed E-state index contributed by atoms with van der Waals surface area (Å²) in [6, 6.07) is 4.98. The summed E-state index contributed by atoms with van der Waals surface area (Å²) >= 11 is 8.18. The van der Waals surface area contributed by atoms with Crippen LogP contribution >= 0.6 is 23.4 Å². The van der Waals surface area contributed by atoms with Gasteiger partial charge in [0.05, 0.1) is 9.89 Å². The van der Waals surface area contributed by atoms with Crippen molar-refractivity contribution in [1.82, 2.24) is 19.7 Å². The van der Waals surface area contributed by atoms with Crippen LogP contribution in [0.15, 0.2) is 18.2 Å². The first-order valence-electron chi connectivity index (χ1n) is 10.5. The number of carbonyl (C=O) groups is 2. The third kappa shape index (κ3) is 3.30. The number of fused-ring (bicyclic) bond motifs is 2. The van der Waals surface area contributed by atoms with Gasteiger partial charge in [-0.05, 0) is 44.4 Å². The molecular formula is C21H24ClN5O2S. The van der Waals surface area contributed by atoms with Gasteiger partial charge in [0, 0.05) is 36.4 Å². The molecule has 0 aliphatic carbocycles. The molecule has 0 saturated carbocycles. The number of aryl methyl sites for hydroxylation is 1. The van der Waals surface area contributed by atoms with E-state index in [0.29, 0.717) is 22.9 Å². The first kappa shape index (κ1) is 19.9. The third-order valence-corrected chi connectivity index (χ3v) is 8.17. The Balaban J connectivity index is 1.40. The lowest BCUT2D eigenvalue weighted by molar-refractivity contribution is -0.135. The van der Waals surface area contributed by atoms with Crippen molar-refractivity contribution in [2.45, 2.75) is 62.9 Å². The fourth-order valence-corrected chi connectivity index (χ4v) is 6.33. The maximum Gasteiger partial charge on any atom is 0.248 e. The lowest BCUT2D eigenvalue weighted by atomic mass is 10.1. The Morgan fingerprint density at radius 2 is 2.13 bits per heavy atom. The number of thioether (sulfide) groups is 1. The van der Waals surface area contributed by atoms with Crippen LogP contribution in [-0.2, 0) is 22.6 Å². The van der Waals surface area contributed by atoms with Gasteiger partial charge < -0.3 is 14.8 Å². The predicted molar refractivity (Wildman–Crippen MR) is 117 cm³/mol. The summed E-state index contributed by atoms with van der Waals surface area (Å²) < 4.78 is 2.14. The lowest BCUT2D eigenvalue weighted by Gasteiger charge is -2.29. The molecule has 1 N–H and O–H groups in total. The van der Waals surface area contributed by atoms with Crippen molar-refractivity contribution in [3.8, 4) is 11.4 Å². The topological polar surface area (TPSA) is 80.1 Å². The van der Waals surface area contributed by atoms with E-state index < -0.39 is 6.04 Å². The Labute approximate surface area is 184 Å². The van der Waals surface area contributed by atoms with Gasteiger partial charge in [0.2, 0.25) is 11.8 Å². The van der Waals surface area contributed by atoms with Crippen LogP contribution in [0.1, 0.15) is 44.9 Å². The molecule has 0 bridgehead atoms. The SMILES string of the molecule is CC12CCC(=O)N1C(C(=O)Nc1ccc(Cl)c(-c3nnc4n3CCCCC4)c1)CS2. The maximum absolute atomic E-state index is 13.0. The Morgan fingerprint density at radius 3 is 3.00 bits per heavy atom. The van der Waals surface area contributed by atoms with Gasteiger partial charge in [-0.2, -0.15) is 0 Å². The summed E-state index contributed by atoms with van der Waals surface area (Å²) in [6.45, 7) is 2.92. The zero-order valence-corrected chi connectivity index (χ0v) is 18.4. The van der Waals surface area contributed by atoms with Crippen molar-refractivity contribution in [1.29, 1.82) is 0 Å². The molecule has 7 nitrogen and oxygen atoms in total. The maximum atomic E-state index is 13.0. The molecule has 2 atom stereocenters. The molecule has 3 aliphatic heterocycles. The van der Waals surface area contributed by atoms with Crippen LogP contribution in [-0.4, -0.2) is 48.1 Å². The molecular weight excluding hydrogens is 422 g/mol. The smallest absolute Gasteiger partial charge is 0.248 e. The average molecular weight is 446 g/mol. The molecule has 2 amide bonds. The van der Waals surface area contributed by atoms with Crippen molar-refractivity contribution in [3.63, 3.8) is 0 Å². The first-order chi connectivity index (χ1) is 14.5. The number of aromatic nitrogens is 3. The number of hydrogen-bond acceptors (Lipinski definition) is 5. The molecule has 0 spiro atoms. The summed E-state index contributed by atoms with van der Waals surface area (Å²) in [5.74, 6) is 2.25. The minimum Gasteiger partial charge on any atom is -0.324 e. The van der Waals surface area contributed by atoms with Crippen LogP contribution in [0.3, 0.4) is 0 Å². The Bertz CT molecular complexity index is 1020. The van der Waals surface area contributed by atoms with Crippen LogP contribution in [0.25, 0.3) is 11.4 Å². The normalized spacial score (nSPS) is 25.7. The van der Waals surface area contributed by atoms with E-state index in [2.05, 4.69) is 20.1 Å². The second-order valence-corrected chi connectivity index (χ2v) is 10.3. The van der Waals surface area contributed by atoms with Gasteiger partial charge in [-0.25, -0.2) is 0 Å². The monoisotopic (exact) mass is 445 g/mol. The average Bonchev–Trinajstić information content (AvgIpc) is 3.30. The molecule has 158 valence electrons. The van der Waals surface area contributed by atoms with Crippen molar-refractivity contribution >= 4 is 40.9 Å². The van der Waals surface area contributed by atoms with Gasteiger partial charge in [0.15, 0.2) is 5.82 Å². The lowest BCUT2D eigenvalue weighted by Crippen LogP contribution is -2.48. The molecule has 3 aliphatic rings. The Morgan fingerprint density at radius 1 is 1.27 bits per heavy atom. The highest BCUT2D eigenvalue weighted by Gasteiger charge is 2.52. The molecule has 5 rings (SSSR count). The highest BCUT2D eigenvalue weighted by atomic mass is 35.5. The number of benzene rings is 1. The largest absolute Gasteiger partial charge is 0.324 e. The van der Waals surface area contributed by atoms with E-state index in [9.17, 15) is 9.59 Å². The van der Waals surface area contributed by atoms with Crippen LogP contribution < -0.4 is 5.32 Å². The van der Waals surface area contributed by atoms with E-state index in [4.69, 9.17) is 11.6 Å². The minimum absolute atomic E-state index is 0.0607. The van der Waals surface area contributed by atoms with E-state index in [1.54, 1.807) is 28.8 Å². The second kappa shape index (κ2) is 7.57. The third-order valence-electron chi connectivity index (χ3n) is 6.33. The number of amides is 2. The molecule has 0 radical (unpaired) electrons. The number of rotatable bonds is 3. The molecule has 2 saturated heterocycles. The highest BCUT2D eigenvalue weighted by Crippen LogP contribution is 2.47. The van der Waals surface area contributed by atoms with Crippen LogP contribution in [0.5, 0.6) is 0 Å². The molecule has 4 heterocycles. The van der Waals surface area contributed by atoms with Crippen molar-refractivity contribution in [3.05, 3.63) is 29.0 Å². The highest BCUT2D eigenvalue weighted by molar-refractivity contribution is 8.01. The number of hydrogen-bond donors (Lipinski definition) is 1. The zero-order valence-electron chi connectivity index (χ0n) is 16.9. The number of anilines is 1. The molecule has 1 aromatic carbocycles. The fraction of sp³-hybridized carbons (Fsp3) is 0.524. The zero-order chi connectivity index (χ0) is 20.9. The number of nitrogens with one attached hydrogen (secondary N) is 1. The van der Waals surface area contributed by atoms with Gasteiger partial charge in [-0.15, -0.1) is 22.0 Å². The molecule has 1 aromatic heterocycles. The number of nitrogens with zero attached hydrogens (tertiary/aromatic N) is 4. The number of halogens is 1. The fourth-order valence-electron chi connectivity index (χ4n) is 4.70. The second-order valence-electron chi connectivity index (χ2n) is 8.35. The summed E-state index contributed by atoms with van der Waals surface area (Å²) in [5, 5.41) is 12.3. The molecule has 2 unspecified atom stereocenters. The van der Waals surface area contributed by atoms with E-state index in [1.165, 1.54) is 6.42 Å². The predicted octanol–water partition coefficient (Wildman–Crippen LogP) is 3.72. The molecule has 2 aromatic rings. The van der Waals surface area contributed by atoms with Gasteiger partial charge in [0.1, 0.15) is 11.9 Å². The van der Waals surface area contributed by atoms with E-state index in [-0.39, 0.29) is 16.7 Å². The number of carbonyl (C=O) groups excluding carboxylic acids is 2. The van der Waals surface area contributed by atoms with Gasteiger partial charge in [0.25, 0.3) is 0 Å². The van der Waals surface area contributed by atoms with Crippen molar-refractivity contribution in [2.75, 3.05) is 11.1 Å². The summed E-state index contributed by atoms with van der Waals surface area (Å²) in [7, 11) is 0.